The highest BCUT2D eigenvalue weighted by Gasteiger charge is 2.36. The lowest BCUT2D eigenvalue weighted by molar-refractivity contribution is -0.126. The van der Waals surface area contributed by atoms with E-state index in [1.54, 1.807) is 35.1 Å². The number of amides is 2. The van der Waals surface area contributed by atoms with Gasteiger partial charge in [-0.25, -0.2) is 0 Å². The third-order valence-electron chi connectivity index (χ3n) is 5.72. The Morgan fingerprint density at radius 1 is 1.14 bits per heavy atom. The number of carbonyl (C=O) groups is 2. The van der Waals surface area contributed by atoms with Crippen LogP contribution in [0.15, 0.2) is 36.7 Å². The summed E-state index contributed by atoms with van der Waals surface area (Å²) in [6, 6.07) is 8.64. The van der Waals surface area contributed by atoms with Crippen molar-refractivity contribution in [3.63, 3.8) is 0 Å². The second kappa shape index (κ2) is 8.05. The van der Waals surface area contributed by atoms with Crippen LogP contribution < -0.4 is 4.90 Å². The first-order valence-electron chi connectivity index (χ1n) is 9.90. The molecule has 0 unspecified atom stereocenters. The summed E-state index contributed by atoms with van der Waals surface area (Å²) in [5.74, 6) is 0.0946. The van der Waals surface area contributed by atoms with E-state index in [2.05, 4.69) is 16.1 Å². The summed E-state index contributed by atoms with van der Waals surface area (Å²) in [5, 5.41) is 13.1. The van der Waals surface area contributed by atoms with Crippen LogP contribution in [0.3, 0.4) is 0 Å². The maximum Gasteiger partial charge on any atom is 0.253 e. The van der Waals surface area contributed by atoms with Crippen LogP contribution in [0.5, 0.6) is 0 Å². The summed E-state index contributed by atoms with van der Waals surface area (Å²) < 4.78 is 1.71. The standard InChI is InChI=1S/C21H24N6O2/c1-24-15-18(14-23-24)27-8-2-3-19(21(27)29)25-9-11-26(12-10-25)20(28)17-6-4-16(13-22)5-7-17/h4-7,14-15,19H,2-3,8-12H2,1H3/t19-/m1/s1. The van der Waals surface area contributed by atoms with Crippen molar-refractivity contribution in [1.29, 1.82) is 5.26 Å². The molecule has 3 heterocycles. The highest BCUT2D eigenvalue weighted by Crippen LogP contribution is 2.24. The minimum Gasteiger partial charge on any atom is -0.336 e. The molecule has 8 nitrogen and oxygen atoms in total. The van der Waals surface area contributed by atoms with Crippen molar-refractivity contribution >= 4 is 17.5 Å². The van der Waals surface area contributed by atoms with Crippen molar-refractivity contribution in [2.45, 2.75) is 18.9 Å². The van der Waals surface area contributed by atoms with E-state index in [0.717, 1.165) is 25.1 Å². The predicted octanol–water partition coefficient (Wildman–Crippen LogP) is 1.25. The van der Waals surface area contributed by atoms with E-state index < -0.39 is 0 Å². The van der Waals surface area contributed by atoms with E-state index in [9.17, 15) is 9.59 Å². The molecule has 29 heavy (non-hydrogen) atoms. The van der Waals surface area contributed by atoms with E-state index in [0.29, 0.717) is 37.3 Å². The Morgan fingerprint density at radius 3 is 2.48 bits per heavy atom. The molecular formula is C21H24N6O2. The Bertz CT molecular complexity index is 937. The first kappa shape index (κ1) is 19.2. The number of nitrogens with zero attached hydrogens (tertiary/aromatic N) is 6. The van der Waals surface area contributed by atoms with Crippen LogP contribution in [-0.4, -0.2) is 70.2 Å². The molecule has 0 bridgehead atoms. The van der Waals surface area contributed by atoms with Gasteiger partial charge in [-0.2, -0.15) is 10.4 Å². The maximum absolute atomic E-state index is 13.1. The summed E-state index contributed by atoms with van der Waals surface area (Å²) in [7, 11) is 1.85. The normalized spacial score (nSPS) is 20.6. The predicted molar refractivity (Wildman–Crippen MR) is 107 cm³/mol. The summed E-state index contributed by atoms with van der Waals surface area (Å²) in [5.41, 5.74) is 1.98. The van der Waals surface area contributed by atoms with Gasteiger partial charge < -0.3 is 9.80 Å². The fraction of sp³-hybridized carbons (Fsp3) is 0.429. The fourth-order valence-corrected chi connectivity index (χ4v) is 4.11. The molecule has 0 saturated carbocycles. The molecule has 2 aliphatic heterocycles. The summed E-state index contributed by atoms with van der Waals surface area (Å²) in [4.78, 5) is 31.7. The number of hydrogen-bond acceptors (Lipinski definition) is 5. The van der Waals surface area contributed by atoms with Crippen molar-refractivity contribution in [1.82, 2.24) is 19.6 Å². The van der Waals surface area contributed by atoms with E-state index >= 15 is 0 Å². The molecule has 0 spiro atoms. The number of hydrogen-bond donors (Lipinski definition) is 0. The van der Waals surface area contributed by atoms with Crippen molar-refractivity contribution in [3.05, 3.63) is 47.8 Å². The zero-order valence-corrected chi connectivity index (χ0v) is 16.5. The molecule has 2 aliphatic rings. The second-order valence-corrected chi connectivity index (χ2v) is 7.54. The number of nitriles is 1. The number of rotatable bonds is 3. The molecule has 150 valence electrons. The summed E-state index contributed by atoms with van der Waals surface area (Å²) in [6.45, 7) is 3.27. The molecular weight excluding hydrogens is 368 g/mol. The average molecular weight is 392 g/mol. The molecule has 2 aromatic rings. The van der Waals surface area contributed by atoms with Crippen molar-refractivity contribution < 1.29 is 9.59 Å². The summed E-state index contributed by atoms with van der Waals surface area (Å²) in [6.07, 6.45) is 5.40. The van der Waals surface area contributed by atoms with Gasteiger partial charge in [0.2, 0.25) is 5.91 Å². The molecule has 1 atom stereocenters. The van der Waals surface area contributed by atoms with Gasteiger partial charge in [-0.15, -0.1) is 0 Å². The highest BCUT2D eigenvalue weighted by molar-refractivity contribution is 5.98. The lowest BCUT2D eigenvalue weighted by Gasteiger charge is -2.42. The minimum atomic E-state index is -0.142. The number of aromatic nitrogens is 2. The summed E-state index contributed by atoms with van der Waals surface area (Å²) >= 11 is 0. The molecule has 0 aliphatic carbocycles. The SMILES string of the molecule is Cn1cc(N2CCC[C@@H](N3CCN(C(=O)c4ccc(C#N)cc4)CC3)C2=O)cn1. The average Bonchev–Trinajstić information content (AvgIpc) is 3.19. The number of piperazine rings is 1. The van der Waals surface area contributed by atoms with E-state index in [-0.39, 0.29) is 17.9 Å². The Morgan fingerprint density at radius 2 is 1.86 bits per heavy atom. The first-order valence-corrected chi connectivity index (χ1v) is 9.90. The number of anilines is 1. The van der Waals surface area contributed by atoms with E-state index in [1.807, 2.05) is 23.0 Å². The van der Waals surface area contributed by atoms with Gasteiger partial charge in [0.1, 0.15) is 0 Å². The lowest BCUT2D eigenvalue weighted by atomic mass is 10.0. The van der Waals surface area contributed by atoms with Gasteiger partial charge in [0, 0.05) is 51.5 Å². The Hall–Kier alpha value is -3.18. The Balaban J connectivity index is 1.38. The maximum atomic E-state index is 13.1. The third kappa shape index (κ3) is 3.87. The molecule has 4 rings (SSSR count). The van der Waals surface area contributed by atoms with Crippen molar-refractivity contribution in [2.75, 3.05) is 37.6 Å². The van der Waals surface area contributed by atoms with Crippen LogP contribution in [0.2, 0.25) is 0 Å². The van der Waals surface area contributed by atoms with Crippen molar-refractivity contribution in [2.24, 2.45) is 7.05 Å². The first-order chi connectivity index (χ1) is 14.1. The quantitative estimate of drug-likeness (QED) is 0.785. The molecule has 2 saturated heterocycles. The van der Waals surface area contributed by atoms with Gasteiger partial charge in [-0.3, -0.25) is 19.2 Å². The van der Waals surface area contributed by atoms with E-state index in [4.69, 9.17) is 5.26 Å². The zero-order chi connectivity index (χ0) is 20.4. The zero-order valence-electron chi connectivity index (χ0n) is 16.5. The van der Waals surface area contributed by atoms with Crippen LogP contribution in [-0.2, 0) is 11.8 Å². The van der Waals surface area contributed by atoms with Crippen LogP contribution in [0.1, 0.15) is 28.8 Å². The molecule has 2 fully saturated rings. The number of carbonyl (C=O) groups excluding carboxylic acids is 2. The molecule has 0 N–H and O–H groups in total. The third-order valence-corrected chi connectivity index (χ3v) is 5.72. The number of benzene rings is 1. The van der Waals surface area contributed by atoms with Crippen LogP contribution in [0.4, 0.5) is 5.69 Å². The smallest absolute Gasteiger partial charge is 0.253 e. The van der Waals surface area contributed by atoms with Crippen LogP contribution in [0, 0.1) is 11.3 Å². The minimum absolute atomic E-state index is 0.0268. The van der Waals surface area contributed by atoms with E-state index in [1.165, 1.54) is 0 Å². The molecule has 0 radical (unpaired) electrons. The van der Waals surface area contributed by atoms with Gasteiger partial charge in [-0.05, 0) is 37.1 Å². The fourth-order valence-electron chi connectivity index (χ4n) is 4.11. The topological polar surface area (TPSA) is 85.5 Å². The number of piperidine rings is 1. The van der Waals surface area contributed by atoms with Gasteiger partial charge in [-0.1, -0.05) is 0 Å². The Kier molecular flexibility index (Phi) is 5.32. The molecule has 8 heteroatoms. The lowest BCUT2D eigenvalue weighted by Crippen LogP contribution is -2.58. The van der Waals surface area contributed by atoms with Gasteiger partial charge in [0.05, 0.1) is 29.6 Å². The van der Waals surface area contributed by atoms with Gasteiger partial charge >= 0.3 is 0 Å². The molecule has 1 aromatic carbocycles. The number of aryl methyl sites for hydroxylation is 1. The van der Waals surface area contributed by atoms with Gasteiger partial charge in [0.25, 0.3) is 5.91 Å². The van der Waals surface area contributed by atoms with Crippen LogP contribution >= 0.6 is 0 Å². The van der Waals surface area contributed by atoms with Gasteiger partial charge in [0.15, 0.2) is 0 Å². The largest absolute Gasteiger partial charge is 0.336 e. The molecule has 2 amide bonds. The Labute approximate surface area is 169 Å². The van der Waals surface area contributed by atoms with Crippen LogP contribution in [0.25, 0.3) is 0 Å². The monoisotopic (exact) mass is 392 g/mol. The molecule has 1 aromatic heterocycles. The van der Waals surface area contributed by atoms with Crippen molar-refractivity contribution in [3.8, 4) is 6.07 Å². The second-order valence-electron chi connectivity index (χ2n) is 7.54. The highest BCUT2D eigenvalue weighted by atomic mass is 16.2.